The number of hydrogen-bond donors (Lipinski definition) is 1. The van der Waals surface area contributed by atoms with Gasteiger partial charge in [-0.2, -0.15) is 0 Å². The maximum Gasteiger partial charge on any atom is 0.0152 e. The Kier molecular flexibility index (Phi) is 10.2. The fourth-order valence-corrected chi connectivity index (χ4v) is 0. The molecule has 0 aliphatic heterocycles. The second-order valence-corrected chi connectivity index (χ2v) is 0.781. The monoisotopic (exact) mass is 120 g/mol. The van der Waals surface area contributed by atoms with Crippen LogP contribution in [0.15, 0.2) is 0 Å². The average Bonchev–Trinajstić information content (AvgIpc) is 0.811. The second kappa shape index (κ2) is 5.33. The Bertz CT molecular complexity index is 32.6. The fraction of sp³-hybridized carbons (Fsp3) is 0. The fourth-order valence-electron chi connectivity index (χ4n) is 0. The molecule has 1 unspecified atom stereocenters. The zero-order valence-corrected chi connectivity index (χ0v) is 3.68. The van der Waals surface area contributed by atoms with Gasteiger partial charge in [-0.05, 0) is 0 Å². The van der Waals surface area contributed by atoms with Crippen molar-refractivity contribution in [3.8, 4) is 0 Å². The summed E-state index contributed by atoms with van der Waals surface area (Å²) in [5.41, 5.74) is 0. The van der Waals surface area contributed by atoms with E-state index in [1.165, 1.54) is 0 Å². The summed E-state index contributed by atoms with van der Waals surface area (Å²) in [6.07, 6.45) is 0. The predicted octanol–water partition coefficient (Wildman–Crippen LogP) is -1.26. The van der Waals surface area contributed by atoms with Crippen LogP contribution in [0.25, 0.3) is 0 Å². The molecular weight excluding hydrogens is 118 g/mol. The standard InChI is InChI=1S/Ar.H3NO2S/c;1-4(2)3/h;1H2,(H,2,3)/p-1. The zero-order chi connectivity index (χ0) is 3.58. The molecule has 0 spiro atoms. The van der Waals surface area contributed by atoms with Crippen LogP contribution in [0, 0.1) is 37.7 Å². The largest absolute Gasteiger partial charge is 0.760 e. The van der Waals surface area contributed by atoms with Crippen LogP contribution in [0.1, 0.15) is 0 Å². The smallest absolute Gasteiger partial charge is 0.0152 e. The zero-order valence-electron chi connectivity index (χ0n) is 2.16. The molecule has 0 radical (unpaired) electrons. The van der Waals surface area contributed by atoms with Gasteiger partial charge >= 0.3 is 0 Å². The first kappa shape index (κ1) is 9.59. The van der Waals surface area contributed by atoms with Gasteiger partial charge in [0, 0.05) is 49.0 Å². The first-order chi connectivity index (χ1) is 1.73. The molecule has 0 aromatic heterocycles. The van der Waals surface area contributed by atoms with Crippen LogP contribution in [-0.4, -0.2) is 8.76 Å². The Hall–Kier alpha value is 1.33. The number of rotatable bonds is 0. The quantitative estimate of drug-likeness (QED) is 0.405. The van der Waals surface area contributed by atoms with E-state index >= 15 is 0 Å². The van der Waals surface area contributed by atoms with Gasteiger partial charge in [0.25, 0.3) is 0 Å². The molecule has 0 fully saturated rings. The third-order valence-corrected chi connectivity index (χ3v) is 0. The van der Waals surface area contributed by atoms with Crippen LogP contribution in [0.3, 0.4) is 0 Å². The van der Waals surface area contributed by atoms with E-state index in [0.29, 0.717) is 0 Å². The van der Waals surface area contributed by atoms with E-state index in [1.807, 2.05) is 0 Å². The molecule has 5 heteroatoms. The van der Waals surface area contributed by atoms with Crippen molar-refractivity contribution >= 4 is 11.3 Å². The van der Waals surface area contributed by atoms with Gasteiger partial charge in [-0.1, -0.05) is 0 Å². The predicted molar refractivity (Wildman–Crippen MR) is 13.1 cm³/mol. The van der Waals surface area contributed by atoms with E-state index in [2.05, 4.69) is 5.14 Å². The molecule has 0 rings (SSSR count). The number of nitrogens with two attached hydrogens (primary N) is 1. The van der Waals surface area contributed by atoms with E-state index < -0.39 is 11.3 Å². The summed E-state index contributed by atoms with van der Waals surface area (Å²) in [7, 11) is 0. The van der Waals surface area contributed by atoms with E-state index in [0.717, 1.165) is 0 Å². The molecule has 0 saturated heterocycles. The third kappa shape index (κ3) is 33.4. The Morgan fingerprint density at radius 2 is 1.80 bits per heavy atom. The molecule has 1 atom stereocenters. The molecule has 0 saturated carbocycles. The minimum atomic E-state index is -2.36. The van der Waals surface area contributed by atoms with Crippen molar-refractivity contribution in [1.29, 1.82) is 0 Å². The summed E-state index contributed by atoms with van der Waals surface area (Å²) in [6.45, 7) is 0. The van der Waals surface area contributed by atoms with Crippen molar-refractivity contribution in [2.45, 2.75) is 0 Å². The normalized spacial score (nSPS) is 12.4. The first-order valence-electron chi connectivity index (χ1n) is 0.569. The van der Waals surface area contributed by atoms with Crippen LogP contribution in [-0.2, 0) is 11.3 Å². The van der Waals surface area contributed by atoms with Crippen molar-refractivity contribution in [1.82, 2.24) is 0 Å². The summed E-state index contributed by atoms with van der Waals surface area (Å²) in [4.78, 5) is 0. The summed E-state index contributed by atoms with van der Waals surface area (Å²) < 4.78 is 17.6. The van der Waals surface area contributed by atoms with Gasteiger partial charge in [-0.25, -0.2) is 0 Å². The van der Waals surface area contributed by atoms with Crippen LogP contribution in [0.2, 0.25) is 0 Å². The van der Waals surface area contributed by atoms with Gasteiger partial charge in [0.15, 0.2) is 0 Å². The number of hydrogen-bond acceptors (Lipinski definition) is 2. The van der Waals surface area contributed by atoms with Gasteiger partial charge in [0.1, 0.15) is 0 Å². The van der Waals surface area contributed by atoms with E-state index in [9.17, 15) is 0 Å². The van der Waals surface area contributed by atoms with Crippen LogP contribution < -0.4 is 5.14 Å². The first-order valence-corrected chi connectivity index (χ1v) is 1.71. The average molecular weight is 120 g/mol. The Morgan fingerprint density at radius 3 is 1.80 bits per heavy atom. The second-order valence-electron chi connectivity index (χ2n) is 0.260. The minimum Gasteiger partial charge on any atom is -0.760 e. The molecular formula is H2ArNO2S-. The van der Waals surface area contributed by atoms with Crippen molar-refractivity contribution in [2.75, 3.05) is 0 Å². The van der Waals surface area contributed by atoms with E-state index in [1.54, 1.807) is 0 Å². The molecule has 2 N–H and O–H groups in total. The van der Waals surface area contributed by atoms with Crippen LogP contribution >= 0.6 is 0 Å². The summed E-state index contributed by atoms with van der Waals surface area (Å²) in [5.74, 6) is 0. The Balaban J connectivity index is 0. The van der Waals surface area contributed by atoms with E-state index in [4.69, 9.17) is 8.76 Å². The third-order valence-electron chi connectivity index (χ3n) is 0. The van der Waals surface area contributed by atoms with E-state index in [-0.39, 0.29) is 37.7 Å². The van der Waals surface area contributed by atoms with Crippen molar-refractivity contribution in [3.05, 3.63) is 0 Å². The maximum absolute atomic E-state index is 8.78. The van der Waals surface area contributed by atoms with Gasteiger partial charge in [0.2, 0.25) is 0 Å². The van der Waals surface area contributed by atoms with Gasteiger partial charge in [-0.15, -0.1) is 0 Å². The van der Waals surface area contributed by atoms with Crippen molar-refractivity contribution < 1.29 is 46.5 Å². The molecule has 0 bridgehead atoms. The molecule has 0 aliphatic carbocycles. The SMILES string of the molecule is NS(=O)[O-].[Ar]. The van der Waals surface area contributed by atoms with Crippen molar-refractivity contribution in [3.63, 3.8) is 0 Å². The summed E-state index contributed by atoms with van der Waals surface area (Å²) in [5, 5.41) is 4.03. The van der Waals surface area contributed by atoms with Gasteiger partial charge in [0.05, 0.1) is 0 Å². The molecule has 0 heterocycles. The molecule has 0 amide bonds. The molecule has 0 aliphatic rings. The molecule has 3 nitrogen and oxygen atoms in total. The maximum atomic E-state index is 8.78. The molecule has 0 aromatic carbocycles. The van der Waals surface area contributed by atoms with Crippen LogP contribution in [0.5, 0.6) is 0 Å². The summed E-state index contributed by atoms with van der Waals surface area (Å²) >= 11 is -2.36. The molecule has 0 aromatic rings. The molecule has 34 valence electrons. The Labute approximate surface area is 62.3 Å². The minimum absolute atomic E-state index is 0. The Morgan fingerprint density at radius 1 is 1.80 bits per heavy atom. The summed E-state index contributed by atoms with van der Waals surface area (Å²) in [6, 6.07) is 0. The topological polar surface area (TPSA) is 66.2 Å². The molecule has 5 heavy (non-hydrogen) atoms. The van der Waals surface area contributed by atoms with Crippen molar-refractivity contribution in [2.24, 2.45) is 5.14 Å². The van der Waals surface area contributed by atoms with Crippen LogP contribution in [0.4, 0.5) is 0 Å². The van der Waals surface area contributed by atoms with Gasteiger partial charge in [-0.3, -0.25) is 9.35 Å². The van der Waals surface area contributed by atoms with Gasteiger partial charge < -0.3 is 4.55 Å².